The summed E-state index contributed by atoms with van der Waals surface area (Å²) in [5, 5.41) is -0.680. The van der Waals surface area contributed by atoms with Crippen LogP contribution in [0.25, 0.3) is 0 Å². The lowest BCUT2D eigenvalue weighted by atomic mass is 9.82. The molecule has 1 atom stereocenters. The molecule has 0 aliphatic rings. The molecule has 1 aromatic carbocycles. The first kappa shape index (κ1) is 17.2. The summed E-state index contributed by atoms with van der Waals surface area (Å²) in [5.74, 6) is 0. The van der Waals surface area contributed by atoms with Gasteiger partial charge in [0.2, 0.25) is 0 Å². The maximum Gasteiger partial charge on any atom is 0.267 e. The first-order chi connectivity index (χ1) is 9.16. The average molecular weight is 298 g/mol. The number of hydrogen-bond donors (Lipinski definition) is 1. The van der Waals surface area contributed by atoms with Crippen molar-refractivity contribution in [1.29, 1.82) is 0 Å². The summed E-state index contributed by atoms with van der Waals surface area (Å²) in [5.41, 5.74) is 2.73. The van der Waals surface area contributed by atoms with Gasteiger partial charge in [0, 0.05) is 0 Å². The zero-order chi connectivity index (χ0) is 15.4. The van der Waals surface area contributed by atoms with Gasteiger partial charge in [0.15, 0.2) is 0 Å². The second-order valence-corrected chi connectivity index (χ2v) is 7.99. The van der Waals surface area contributed by atoms with Gasteiger partial charge >= 0.3 is 0 Å². The number of rotatable bonds is 7. The van der Waals surface area contributed by atoms with Gasteiger partial charge in [-0.05, 0) is 49.1 Å². The average Bonchev–Trinajstić information content (AvgIpc) is 2.38. The lowest BCUT2D eigenvalue weighted by molar-refractivity contribution is 0.464. The standard InChI is InChI=1S/C16H26O3S/c1-5-16(3,4)15-11-9-14(10-12-15)8-6-7-13(2)20(17,18)19/h9-13H,5-8H2,1-4H3,(H,17,18,19). The molecule has 0 saturated carbocycles. The highest BCUT2D eigenvalue weighted by Gasteiger charge is 2.18. The predicted octanol–water partition coefficient (Wildman–Crippen LogP) is 3.97. The van der Waals surface area contributed by atoms with E-state index in [2.05, 4.69) is 45.0 Å². The van der Waals surface area contributed by atoms with Gasteiger partial charge in [-0.3, -0.25) is 4.55 Å². The summed E-state index contributed by atoms with van der Waals surface area (Å²) in [7, 11) is -3.89. The van der Waals surface area contributed by atoms with E-state index in [-0.39, 0.29) is 5.41 Å². The van der Waals surface area contributed by atoms with Gasteiger partial charge in [0.1, 0.15) is 0 Å². The summed E-state index contributed by atoms with van der Waals surface area (Å²) in [4.78, 5) is 0. The molecule has 0 spiro atoms. The van der Waals surface area contributed by atoms with Crippen molar-refractivity contribution in [2.45, 2.75) is 64.0 Å². The lowest BCUT2D eigenvalue weighted by Crippen LogP contribution is -2.16. The van der Waals surface area contributed by atoms with Crippen LogP contribution in [0.4, 0.5) is 0 Å². The molecule has 0 heterocycles. The van der Waals surface area contributed by atoms with E-state index in [0.717, 1.165) is 19.3 Å². The van der Waals surface area contributed by atoms with Crippen molar-refractivity contribution in [3.05, 3.63) is 35.4 Å². The Kier molecular flexibility index (Phi) is 5.78. The predicted molar refractivity (Wildman–Crippen MR) is 83.7 cm³/mol. The van der Waals surface area contributed by atoms with Crippen molar-refractivity contribution < 1.29 is 13.0 Å². The minimum Gasteiger partial charge on any atom is -0.285 e. The van der Waals surface area contributed by atoms with Crippen LogP contribution in [-0.2, 0) is 22.0 Å². The van der Waals surface area contributed by atoms with Crippen molar-refractivity contribution in [2.75, 3.05) is 0 Å². The molecular formula is C16H26O3S. The van der Waals surface area contributed by atoms with E-state index in [1.165, 1.54) is 11.1 Å². The van der Waals surface area contributed by atoms with Crippen LogP contribution in [0, 0.1) is 0 Å². The molecule has 3 nitrogen and oxygen atoms in total. The molecule has 1 aromatic rings. The Hall–Kier alpha value is -0.870. The molecule has 1 unspecified atom stereocenters. The number of aryl methyl sites for hydroxylation is 1. The Morgan fingerprint density at radius 1 is 1.20 bits per heavy atom. The Balaban J connectivity index is 2.55. The first-order valence-corrected chi connectivity index (χ1v) is 8.73. The Morgan fingerprint density at radius 2 is 1.75 bits per heavy atom. The zero-order valence-corrected chi connectivity index (χ0v) is 13.7. The molecule has 1 rings (SSSR count). The van der Waals surface area contributed by atoms with Crippen LogP contribution in [0.2, 0.25) is 0 Å². The largest absolute Gasteiger partial charge is 0.285 e. The van der Waals surface area contributed by atoms with E-state index in [1.807, 2.05) is 0 Å². The number of hydrogen-bond acceptors (Lipinski definition) is 2. The summed E-state index contributed by atoms with van der Waals surface area (Å²) in [6.07, 6.45) is 3.18. The topological polar surface area (TPSA) is 54.4 Å². The van der Waals surface area contributed by atoms with E-state index in [0.29, 0.717) is 6.42 Å². The Labute approximate surface area is 123 Å². The molecule has 0 fully saturated rings. The van der Waals surface area contributed by atoms with Gasteiger partial charge in [-0.1, -0.05) is 45.0 Å². The third-order valence-corrected chi connectivity index (χ3v) is 5.46. The lowest BCUT2D eigenvalue weighted by Gasteiger charge is -2.23. The molecular weight excluding hydrogens is 272 g/mol. The Bertz CT molecular complexity index is 515. The fourth-order valence-electron chi connectivity index (χ4n) is 2.07. The van der Waals surface area contributed by atoms with E-state index in [4.69, 9.17) is 4.55 Å². The molecule has 0 bridgehead atoms. The van der Waals surface area contributed by atoms with Crippen LogP contribution in [-0.4, -0.2) is 18.2 Å². The fraction of sp³-hybridized carbons (Fsp3) is 0.625. The van der Waals surface area contributed by atoms with Crippen LogP contribution in [0.1, 0.15) is 58.1 Å². The van der Waals surface area contributed by atoms with Crippen molar-refractivity contribution in [1.82, 2.24) is 0 Å². The molecule has 1 N–H and O–H groups in total. The third kappa shape index (κ3) is 4.91. The van der Waals surface area contributed by atoms with Gasteiger partial charge in [0.05, 0.1) is 5.25 Å². The third-order valence-electron chi connectivity index (χ3n) is 4.20. The van der Waals surface area contributed by atoms with E-state index in [1.54, 1.807) is 6.92 Å². The maximum absolute atomic E-state index is 10.9. The molecule has 114 valence electrons. The van der Waals surface area contributed by atoms with Crippen LogP contribution in [0.5, 0.6) is 0 Å². The molecule has 0 aliphatic carbocycles. The second kappa shape index (κ2) is 6.72. The second-order valence-electron chi connectivity index (χ2n) is 6.15. The van der Waals surface area contributed by atoms with Gasteiger partial charge in [-0.2, -0.15) is 8.42 Å². The zero-order valence-electron chi connectivity index (χ0n) is 12.9. The molecule has 4 heteroatoms. The monoisotopic (exact) mass is 298 g/mol. The van der Waals surface area contributed by atoms with Crippen LogP contribution >= 0.6 is 0 Å². The summed E-state index contributed by atoms with van der Waals surface area (Å²) in [6.45, 7) is 8.19. The van der Waals surface area contributed by atoms with Gasteiger partial charge < -0.3 is 0 Å². The fourth-order valence-corrected chi connectivity index (χ4v) is 2.53. The molecule has 0 amide bonds. The molecule has 0 radical (unpaired) electrons. The van der Waals surface area contributed by atoms with E-state index in [9.17, 15) is 8.42 Å². The van der Waals surface area contributed by atoms with Crippen molar-refractivity contribution in [2.24, 2.45) is 0 Å². The molecule has 0 aliphatic heterocycles. The minimum absolute atomic E-state index is 0.192. The highest BCUT2D eigenvalue weighted by atomic mass is 32.2. The number of benzene rings is 1. The van der Waals surface area contributed by atoms with E-state index >= 15 is 0 Å². The highest BCUT2D eigenvalue weighted by Crippen LogP contribution is 2.26. The van der Waals surface area contributed by atoms with Crippen LogP contribution in [0.15, 0.2) is 24.3 Å². The minimum atomic E-state index is -3.89. The van der Waals surface area contributed by atoms with Crippen LogP contribution in [0.3, 0.4) is 0 Å². The smallest absolute Gasteiger partial charge is 0.267 e. The van der Waals surface area contributed by atoms with Crippen molar-refractivity contribution in [3.63, 3.8) is 0 Å². The first-order valence-electron chi connectivity index (χ1n) is 7.22. The molecule has 0 aromatic heterocycles. The van der Waals surface area contributed by atoms with Gasteiger partial charge in [0.25, 0.3) is 10.1 Å². The quantitative estimate of drug-likeness (QED) is 0.775. The summed E-state index contributed by atoms with van der Waals surface area (Å²) >= 11 is 0. The van der Waals surface area contributed by atoms with Crippen molar-refractivity contribution in [3.8, 4) is 0 Å². The van der Waals surface area contributed by atoms with Crippen LogP contribution < -0.4 is 0 Å². The normalized spacial score (nSPS) is 14.2. The molecule has 20 heavy (non-hydrogen) atoms. The summed E-state index contributed by atoms with van der Waals surface area (Å²) in [6, 6.07) is 8.55. The van der Waals surface area contributed by atoms with Gasteiger partial charge in [-0.15, -0.1) is 0 Å². The SMILES string of the molecule is CCC(C)(C)c1ccc(CCCC(C)S(=O)(=O)O)cc1. The molecule has 0 saturated heterocycles. The summed E-state index contributed by atoms with van der Waals surface area (Å²) < 4.78 is 30.7. The van der Waals surface area contributed by atoms with Crippen molar-refractivity contribution >= 4 is 10.1 Å². The Morgan fingerprint density at radius 3 is 2.20 bits per heavy atom. The highest BCUT2D eigenvalue weighted by molar-refractivity contribution is 7.86. The maximum atomic E-state index is 10.9. The van der Waals surface area contributed by atoms with Gasteiger partial charge in [-0.25, -0.2) is 0 Å². The van der Waals surface area contributed by atoms with E-state index < -0.39 is 15.4 Å².